The first-order valence-electron chi connectivity index (χ1n) is 10.3. The molecule has 5 unspecified atom stereocenters. The first kappa shape index (κ1) is 19.4. The van der Waals surface area contributed by atoms with Crippen molar-refractivity contribution in [3.05, 3.63) is 54.8 Å². The lowest BCUT2D eigenvalue weighted by Gasteiger charge is -2.37. The summed E-state index contributed by atoms with van der Waals surface area (Å²) in [6.45, 7) is 0.766. The summed E-state index contributed by atoms with van der Waals surface area (Å²) in [7, 11) is 1.31. The summed E-state index contributed by atoms with van der Waals surface area (Å²) in [5.74, 6) is 0.270. The number of anilines is 1. The Morgan fingerprint density at radius 2 is 1.90 bits per heavy atom. The number of hydrogen-bond acceptors (Lipinski definition) is 8. The highest BCUT2D eigenvalue weighted by molar-refractivity contribution is 5.86. The van der Waals surface area contributed by atoms with Crippen molar-refractivity contribution in [3.63, 3.8) is 0 Å². The minimum atomic E-state index is -0.522. The highest BCUT2D eigenvalue weighted by atomic mass is 16.5. The number of ether oxygens (including phenoxy) is 1. The van der Waals surface area contributed by atoms with Crippen LogP contribution in [0.2, 0.25) is 0 Å². The van der Waals surface area contributed by atoms with E-state index in [0.29, 0.717) is 11.7 Å². The number of aromatic nitrogens is 5. The van der Waals surface area contributed by atoms with Crippen LogP contribution in [0.3, 0.4) is 0 Å². The van der Waals surface area contributed by atoms with Crippen molar-refractivity contribution in [2.75, 3.05) is 19.0 Å². The molecule has 1 N–H and O–H groups in total. The normalized spacial score (nSPS) is 28.7. The van der Waals surface area contributed by atoms with E-state index in [1.807, 2.05) is 29.2 Å². The molecule has 2 aromatic heterocycles. The summed E-state index contributed by atoms with van der Waals surface area (Å²) in [4.78, 5) is 37.0. The van der Waals surface area contributed by atoms with Crippen molar-refractivity contribution in [2.24, 2.45) is 11.8 Å². The Labute approximate surface area is 179 Å². The number of hydrogen-bond donors (Lipinski definition) is 1. The molecule has 3 heterocycles. The molecular formula is C21H23N7O3. The van der Waals surface area contributed by atoms with Crippen molar-refractivity contribution < 1.29 is 14.3 Å². The Balaban J connectivity index is 1.29. The van der Waals surface area contributed by atoms with Gasteiger partial charge in [-0.25, -0.2) is 14.8 Å². The van der Waals surface area contributed by atoms with Crippen LogP contribution in [0.5, 0.6) is 0 Å². The van der Waals surface area contributed by atoms with Crippen LogP contribution >= 0.6 is 0 Å². The highest BCUT2D eigenvalue weighted by Gasteiger charge is 2.48. The van der Waals surface area contributed by atoms with Crippen molar-refractivity contribution >= 4 is 17.7 Å². The molecule has 5 atom stereocenters. The molecule has 1 saturated heterocycles. The smallest absolute Gasteiger partial charge is 0.358 e. The van der Waals surface area contributed by atoms with Gasteiger partial charge in [0, 0.05) is 12.6 Å². The van der Waals surface area contributed by atoms with Gasteiger partial charge in [-0.2, -0.15) is 15.0 Å². The van der Waals surface area contributed by atoms with Crippen LogP contribution in [-0.2, 0) is 9.53 Å². The Kier molecular flexibility index (Phi) is 4.97. The Hall–Kier alpha value is -3.56. The minimum absolute atomic E-state index is 0.0881. The van der Waals surface area contributed by atoms with Crippen LogP contribution < -0.4 is 5.32 Å². The summed E-state index contributed by atoms with van der Waals surface area (Å²) in [6, 6.07) is -0.0507. The molecule has 10 nitrogen and oxygen atoms in total. The number of amides is 1. The topological polar surface area (TPSA) is 115 Å². The fourth-order valence-corrected chi connectivity index (χ4v) is 4.85. The number of nitrogens with zero attached hydrogens (tertiary/aromatic N) is 6. The molecule has 2 aromatic rings. The van der Waals surface area contributed by atoms with E-state index >= 15 is 0 Å². The van der Waals surface area contributed by atoms with Crippen LogP contribution in [0.4, 0.5) is 5.82 Å². The summed E-state index contributed by atoms with van der Waals surface area (Å²) in [6.07, 6.45) is 15.8. The summed E-state index contributed by atoms with van der Waals surface area (Å²) in [5.41, 5.74) is 0.160. The molecule has 160 valence electrons. The number of likely N-dealkylation sites (tertiary alicyclic amines) is 1. The van der Waals surface area contributed by atoms with E-state index in [9.17, 15) is 9.59 Å². The van der Waals surface area contributed by atoms with Gasteiger partial charge >= 0.3 is 5.97 Å². The number of piperidine rings is 1. The van der Waals surface area contributed by atoms with E-state index in [1.165, 1.54) is 19.5 Å². The molecule has 10 heteroatoms. The quantitative estimate of drug-likeness (QED) is 0.717. The number of nitrogens with one attached hydrogen (secondary N) is 1. The van der Waals surface area contributed by atoms with Crippen LogP contribution in [-0.4, -0.2) is 67.5 Å². The number of esters is 1. The van der Waals surface area contributed by atoms with Gasteiger partial charge in [0.1, 0.15) is 11.9 Å². The number of rotatable bonds is 5. The lowest BCUT2D eigenvalue weighted by atomic mass is 9.92. The van der Waals surface area contributed by atoms with Crippen LogP contribution in [0.25, 0.3) is 0 Å². The molecule has 3 aliphatic rings. The zero-order valence-electron chi connectivity index (χ0n) is 17.0. The van der Waals surface area contributed by atoms with Crippen LogP contribution in [0, 0.1) is 11.8 Å². The third-order valence-electron chi connectivity index (χ3n) is 6.24. The number of allylic oxidation sites excluding steroid dienone is 3. The molecule has 2 aliphatic carbocycles. The Morgan fingerprint density at radius 3 is 2.61 bits per heavy atom. The fourth-order valence-electron chi connectivity index (χ4n) is 4.85. The number of carbonyl (C=O) groups excluding carboxylic acids is 2. The van der Waals surface area contributed by atoms with Gasteiger partial charge in [0.05, 0.1) is 43.9 Å². The van der Waals surface area contributed by atoms with E-state index < -0.39 is 5.97 Å². The van der Waals surface area contributed by atoms with Gasteiger partial charge in [0.2, 0.25) is 5.91 Å². The van der Waals surface area contributed by atoms with Crippen molar-refractivity contribution in [3.8, 4) is 0 Å². The third-order valence-corrected chi connectivity index (χ3v) is 6.24. The number of carbonyl (C=O) groups is 2. The molecule has 2 bridgehead atoms. The summed E-state index contributed by atoms with van der Waals surface area (Å²) in [5, 5.41) is 11.9. The fraction of sp³-hybridized carbons (Fsp3) is 0.429. The summed E-state index contributed by atoms with van der Waals surface area (Å²) < 4.78 is 4.66. The summed E-state index contributed by atoms with van der Waals surface area (Å²) >= 11 is 0. The first-order valence-corrected chi connectivity index (χ1v) is 10.3. The maximum absolute atomic E-state index is 13.5. The van der Waals surface area contributed by atoms with Gasteiger partial charge in [0.25, 0.3) is 0 Å². The molecule has 1 amide bonds. The average molecular weight is 421 g/mol. The van der Waals surface area contributed by atoms with Gasteiger partial charge in [-0.1, -0.05) is 24.3 Å². The Bertz CT molecular complexity index is 1020. The molecular weight excluding hydrogens is 398 g/mol. The van der Waals surface area contributed by atoms with E-state index in [2.05, 4.69) is 30.2 Å². The lowest BCUT2D eigenvalue weighted by Crippen LogP contribution is -2.50. The van der Waals surface area contributed by atoms with Crippen molar-refractivity contribution in [1.29, 1.82) is 0 Å². The standard InChI is InChI=1S/C21H23N7O3/c1-31-21(30)16-10-23-19(11-22-16)26-15-8-13-9-18(15)27(12-13)20(29)14-4-2-3-5-17(14)28-24-6-7-25-28/h2-7,10-11,13-15,17-18H,8-9,12H2,1H3,(H,23,26). The number of methoxy groups -OCH3 is 1. The molecule has 2 fully saturated rings. The molecule has 0 spiro atoms. The van der Waals surface area contributed by atoms with E-state index in [0.717, 1.165) is 19.4 Å². The SMILES string of the molecule is COC(=O)c1cnc(NC2CC3CC2N(C(=O)C2C=CC=CC2n2nccn2)C3)cn1. The van der Waals surface area contributed by atoms with Gasteiger partial charge in [0.15, 0.2) is 5.69 Å². The lowest BCUT2D eigenvalue weighted by molar-refractivity contribution is -0.137. The van der Waals surface area contributed by atoms with Gasteiger partial charge < -0.3 is 15.0 Å². The molecule has 31 heavy (non-hydrogen) atoms. The molecule has 1 saturated carbocycles. The molecule has 0 aromatic carbocycles. The Morgan fingerprint density at radius 1 is 1.10 bits per heavy atom. The second-order valence-electron chi connectivity index (χ2n) is 8.06. The second kappa shape index (κ2) is 7.93. The van der Waals surface area contributed by atoms with Gasteiger partial charge in [-0.3, -0.25) is 4.79 Å². The van der Waals surface area contributed by atoms with Crippen molar-refractivity contribution in [2.45, 2.75) is 31.0 Å². The predicted octanol–water partition coefficient (Wildman–Crippen LogP) is 1.24. The van der Waals surface area contributed by atoms with Crippen LogP contribution in [0.15, 0.2) is 49.1 Å². The van der Waals surface area contributed by atoms with Crippen molar-refractivity contribution in [1.82, 2.24) is 29.9 Å². The maximum Gasteiger partial charge on any atom is 0.358 e. The second-order valence-corrected chi connectivity index (χ2v) is 8.06. The highest BCUT2D eigenvalue weighted by Crippen LogP contribution is 2.41. The molecule has 1 aliphatic heterocycles. The third kappa shape index (κ3) is 3.58. The zero-order valence-corrected chi connectivity index (χ0v) is 17.0. The minimum Gasteiger partial charge on any atom is -0.464 e. The molecule has 0 radical (unpaired) electrons. The van der Waals surface area contributed by atoms with E-state index in [1.54, 1.807) is 17.2 Å². The first-order chi connectivity index (χ1) is 15.1. The predicted molar refractivity (Wildman–Crippen MR) is 110 cm³/mol. The maximum atomic E-state index is 13.5. The zero-order chi connectivity index (χ0) is 21.4. The largest absolute Gasteiger partial charge is 0.464 e. The average Bonchev–Trinajstić information content (AvgIpc) is 3.56. The van der Waals surface area contributed by atoms with E-state index in [4.69, 9.17) is 0 Å². The molecule has 5 rings (SSSR count). The van der Waals surface area contributed by atoms with Crippen LogP contribution in [0.1, 0.15) is 29.4 Å². The van der Waals surface area contributed by atoms with Gasteiger partial charge in [-0.15, -0.1) is 0 Å². The van der Waals surface area contributed by atoms with E-state index in [-0.39, 0.29) is 35.6 Å². The van der Waals surface area contributed by atoms with Gasteiger partial charge in [-0.05, 0) is 18.8 Å². The monoisotopic (exact) mass is 421 g/mol. The number of fused-ring (bicyclic) bond motifs is 2.